The third-order valence-electron chi connectivity index (χ3n) is 2.58. The van der Waals surface area contributed by atoms with Gasteiger partial charge in [-0.25, -0.2) is 0 Å². The van der Waals surface area contributed by atoms with Crippen molar-refractivity contribution in [1.29, 1.82) is 0 Å². The number of hydrogen-bond donors (Lipinski definition) is 2. The molecule has 18 heavy (non-hydrogen) atoms. The predicted octanol–water partition coefficient (Wildman–Crippen LogP) is 1.56. The van der Waals surface area contributed by atoms with Gasteiger partial charge in [0.25, 0.3) is 0 Å². The molecule has 0 aliphatic heterocycles. The molecule has 0 unspecified atom stereocenters. The average molecular weight is 249 g/mol. The van der Waals surface area contributed by atoms with Gasteiger partial charge in [-0.3, -0.25) is 4.98 Å². The van der Waals surface area contributed by atoms with Crippen LogP contribution < -0.4 is 10.2 Å². The van der Waals surface area contributed by atoms with E-state index < -0.39 is 0 Å². The monoisotopic (exact) mass is 249 g/mol. The number of aromatic nitrogens is 1. The maximum atomic E-state index is 9.07. The first-order valence-electron chi connectivity index (χ1n) is 6.32. The van der Waals surface area contributed by atoms with Gasteiger partial charge in [-0.2, -0.15) is 0 Å². The zero-order chi connectivity index (χ0) is 13.4. The van der Waals surface area contributed by atoms with E-state index in [4.69, 9.17) is 5.11 Å². The SMILES string of the molecule is C=CCN(CCO)c1ccnc(CNC(C)C)c1. The summed E-state index contributed by atoms with van der Waals surface area (Å²) >= 11 is 0. The van der Waals surface area contributed by atoms with Gasteiger partial charge in [0.15, 0.2) is 0 Å². The fourth-order valence-corrected chi connectivity index (χ4v) is 1.67. The lowest BCUT2D eigenvalue weighted by molar-refractivity contribution is 0.303. The Hall–Kier alpha value is -1.39. The minimum atomic E-state index is 0.135. The Morgan fingerprint density at radius 3 is 2.94 bits per heavy atom. The third-order valence-corrected chi connectivity index (χ3v) is 2.58. The Bertz CT molecular complexity index is 366. The van der Waals surface area contributed by atoms with E-state index in [2.05, 4.69) is 41.7 Å². The molecule has 1 heterocycles. The van der Waals surface area contributed by atoms with Gasteiger partial charge in [0, 0.05) is 37.6 Å². The number of nitrogens with one attached hydrogen (secondary N) is 1. The van der Waals surface area contributed by atoms with E-state index in [1.54, 1.807) is 6.20 Å². The number of hydrogen-bond acceptors (Lipinski definition) is 4. The highest BCUT2D eigenvalue weighted by Gasteiger charge is 2.05. The van der Waals surface area contributed by atoms with Gasteiger partial charge in [0.05, 0.1) is 12.3 Å². The zero-order valence-electron chi connectivity index (χ0n) is 11.3. The van der Waals surface area contributed by atoms with E-state index in [1.807, 2.05) is 12.1 Å². The number of pyridine rings is 1. The molecular formula is C14H23N3O. The normalized spacial score (nSPS) is 10.7. The molecular weight excluding hydrogens is 226 g/mol. The molecule has 0 aliphatic rings. The van der Waals surface area contributed by atoms with Gasteiger partial charge in [-0.15, -0.1) is 6.58 Å². The second-order valence-corrected chi connectivity index (χ2v) is 4.50. The van der Waals surface area contributed by atoms with Gasteiger partial charge < -0.3 is 15.3 Å². The van der Waals surface area contributed by atoms with Crippen molar-refractivity contribution >= 4 is 5.69 Å². The van der Waals surface area contributed by atoms with Gasteiger partial charge >= 0.3 is 0 Å². The molecule has 0 aromatic carbocycles. The van der Waals surface area contributed by atoms with Crippen LogP contribution in [0.25, 0.3) is 0 Å². The molecule has 0 saturated carbocycles. The van der Waals surface area contributed by atoms with Gasteiger partial charge in [0.1, 0.15) is 0 Å². The third kappa shape index (κ3) is 4.85. The second kappa shape index (κ2) is 7.84. The van der Waals surface area contributed by atoms with E-state index in [1.165, 1.54) is 0 Å². The van der Waals surface area contributed by atoms with Crippen molar-refractivity contribution < 1.29 is 5.11 Å². The summed E-state index contributed by atoms with van der Waals surface area (Å²) in [5, 5.41) is 12.4. The minimum absolute atomic E-state index is 0.135. The van der Waals surface area contributed by atoms with Crippen LogP contribution in [0, 0.1) is 0 Å². The van der Waals surface area contributed by atoms with Crippen LogP contribution in [0.3, 0.4) is 0 Å². The fraction of sp³-hybridized carbons (Fsp3) is 0.500. The first-order valence-corrected chi connectivity index (χ1v) is 6.32. The molecule has 4 nitrogen and oxygen atoms in total. The van der Waals surface area contributed by atoms with Crippen molar-refractivity contribution in [2.24, 2.45) is 0 Å². The van der Waals surface area contributed by atoms with Crippen molar-refractivity contribution in [3.63, 3.8) is 0 Å². The maximum absolute atomic E-state index is 9.07. The molecule has 0 radical (unpaired) electrons. The van der Waals surface area contributed by atoms with Crippen LogP contribution in [-0.2, 0) is 6.54 Å². The smallest absolute Gasteiger partial charge is 0.0606 e. The quantitative estimate of drug-likeness (QED) is 0.687. The highest BCUT2D eigenvalue weighted by atomic mass is 16.3. The zero-order valence-corrected chi connectivity index (χ0v) is 11.3. The van der Waals surface area contributed by atoms with Gasteiger partial charge in [-0.05, 0) is 12.1 Å². The lowest BCUT2D eigenvalue weighted by atomic mass is 10.2. The molecule has 0 fully saturated rings. The summed E-state index contributed by atoms with van der Waals surface area (Å²) in [5.74, 6) is 0. The molecule has 0 bridgehead atoms. The highest BCUT2D eigenvalue weighted by Crippen LogP contribution is 2.14. The lowest BCUT2D eigenvalue weighted by Crippen LogP contribution is -2.27. The summed E-state index contributed by atoms with van der Waals surface area (Å²) < 4.78 is 0. The van der Waals surface area contributed by atoms with Crippen LogP contribution >= 0.6 is 0 Å². The minimum Gasteiger partial charge on any atom is -0.395 e. The summed E-state index contributed by atoms with van der Waals surface area (Å²) in [6.07, 6.45) is 3.64. The van der Waals surface area contributed by atoms with Crippen LogP contribution in [0.15, 0.2) is 31.0 Å². The molecule has 0 saturated heterocycles. The highest BCUT2D eigenvalue weighted by molar-refractivity contribution is 5.47. The van der Waals surface area contributed by atoms with Gasteiger partial charge in [-0.1, -0.05) is 19.9 Å². The Balaban J connectivity index is 2.74. The Morgan fingerprint density at radius 2 is 2.33 bits per heavy atom. The van der Waals surface area contributed by atoms with Crippen molar-refractivity contribution in [2.45, 2.75) is 26.4 Å². The van der Waals surface area contributed by atoms with Crippen molar-refractivity contribution in [2.75, 3.05) is 24.6 Å². The number of rotatable bonds is 8. The fourth-order valence-electron chi connectivity index (χ4n) is 1.67. The Labute approximate surface area is 109 Å². The maximum Gasteiger partial charge on any atom is 0.0606 e. The van der Waals surface area contributed by atoms with Crippen LogP contribution in [0.4, 0.5) is 5.69 Å². The summed E-state index contributed by atoms with van der Waals surface area (Å²) in [7, 11) is 0. The van der Waals surface area contributed by atoms with E-state index >= 15 is 0 Å². The van der Waals surface area contributed by atoms with E-state index in [9.17, 15) is 0 Å². The first-order chi connectivity index (χ1) is 8.67. The largest absolute Gasteiger partial charge is 0.395 e. The lowest BCUT2D eigenvalue weighted by Gasteiger charge is -2.22. The van der Waals surface area contributed by atoms with Gasteiger partial charge in [0.2, 0.25) is 0 Å². The van der Waals surface area contributed by atoms with Crippen molar-refractivity contribution in [3.8, 4) is 0 Å². The Kier molecular flexibility index (Phi) is 6.39. The standard InChI is InChI=1S/C14H23N3O/c1-4-7-17(8-9-18)14-5-6-15-13(10-14)11-16-12(2)3/h4-6,10,12,16,18H,1,7-9,11H2,2-3H3. The molecule has 2 N–H and O–H groups in total. The molecule has 1 rings (SSSR count). The Morgan fingerprint density at radius 1 is 1.56 bits per heavy atom. The number of aliphatic hydroxyl groups excluding tert-OH is 1. The number of anilines is 1. The molecule has 1 aromatic rings. The molecule has 100 valence electrons. The van der Waals surface area contributed by atoms with Crippen LogP contribution in [0.2, 0.25) is 0 Å². The average Bonchev–Trinajstić information content (AvgIpc) is 2.36. The second-order valence-electron chi connectivity index (χ2n) is 4.50. The molecule has 4 heteroatoms. The predicted molar refractivity (Wildman–Crippen MR) is 75.7 cm³/mol. The van der Waals surface area contributed by atoms with Crippen LogP contribution in [0.1, 0.15) is 19.5 Å². The van der Waals surface area contributed by atoms with Crippen LogP contribution in [0.5, 0.6) is 0 Å². The summed E-state index contributed by atoms with van der Waals surface area (Å²) in [6.45, 7) is 10.2. The molecule has 0 spiro atoms. The topological polar surface area (TPSA) is 48.4 Å². The first kappa shape index (κ1) is 14.7. The van der Waals surface area contributed by atoms with Crippen LogP contribution in [-0.4, -0.2) is 35.8 Å². The van der Waals surface area contributed by atoms with Crippen molar-refractivity contribution in [1.82, 2.24) is 10.3 Å². The number of nitrogens with zero attached hydrogens (tertiary/aromatic N) is 2. The molecule has 0 aliphatic carbocycles. The van der Waals surface area contributed by atoms with E-state index in [0.717, 1.165) is 24.5 Å². The van der Waals surface area contributed by atoms with E-state index in [-0.39, 0.29) is 6.61 Å². The molecule has 0 amide bonds. The number of aliphatic hydroxyl groups is 1. The van der Waals surface area contributed by atoms with Crippen molar-refractivity contribution in [3.05, 3.63) is 36.7 Å². The van der Waals surface area contributed by atoms with E-state index in [0.29, 0.717) is 12.6 Å². The molecule has 0 atom stereocenters. The summed E-state index contributed by atoms with van der Waals surface area (Å²) in [6, 6.07) is 4.45. The molecule has 1 aromatic heterocycles. The summed E-state index contributed by atoms with van der Waals surface area (Å²) in [5.41, 5.74) is 2.08. The summed E-state index contributed by atoms with van der Waals surface area (Å²) in [4.78, 5) is 6.41.